The second-order valence-electron chi connectivity index (χ2n) is 6.08. The van der Waals surface area contributed by atoms with Gasteiger partial charge in [0.15, 0.2) is 0 Å². The van der Waals surface area contributed by atoms with Gasteiger partial charge in [-0.05, 0) is 35.0 Å². The van der Waals surface area contributed by atoms with Gasteiger partial charge in [-0.3, -0.25) is 0 Å². The second kappa shape index (κ2) is 7.21. The fourth-order valence-electron chi connectivity index (χ4n) is 2.78. The maximum Gasteiger partial charge on any atom is 0.264 e. The van der Waals surface area contributed by atoms with Gasteiger partial charge < -0.3 is 0 Å². The summed E-state index contributed by atoms with van der Waals surface area (Å²) in [6.45, 7) is 0.0240. The van der Waals surface area contributed by atoms with Gasteiger partial charge in [-0.25, -0.2) is 22.2 Å². The smallest absolute Gasteiger partial charge is 0.246 e. The largest absolute Gasteiger partial charge is 0.264 e. The molecule has 0 saturated heterocycles. The summed E-state index contributed by atoms with van der Waals surface area (Å²) in [5.41, 5.74) is 0.248. The van der Waals surface area contributed by atoms with E-state index in [0.29, 0.717) is 0 Å². The SMILES string of the molecule is O=S(=O)(Nc1ncn(Cc2c(F)cccc2Cl)n1)c1ccc2ccccc2c1. The van der Waals surface area contributed by atoms with Crippen LogP contribution < -0.4 is 4.72 Å². The number of anilines is 1. The number of fused-ring (bicyclic) bond motifs is 1. The molecule has 0 spiro atoms. The molecule has 6 nitrogen and oxygen atoms in total. The van der Waals surface area contributed by atoms with Gasteiger partial charge in [0, 0.05) is 10.6 Å². The van der Waals surface area contributed by atoms with E-state index < -0.39 is 15.8 Å². The number of halogens is 2. The van der Waals surface area contributed by atoms with E-state index in [1.807, 2.05) is 24.3 Å². The first kappa shape index (κ1) is 18.4. The Morgan fingerprint density at radius 2 is 1.82 bits per heavy atom. The summed E-state index contributed by atoms with van der Waals surface area (Å²) >= 11 is 6.01. The first-order valence-electron chi connectivity index (χ1n) is 8.26. The van der Waals surface area contributed by atoms with E-state index in [1.165, 1.54) is 29.2 Å². The first-order valence-corrected chi connectivity index (χ1v) is 10.1. The molecular weight excluding hydrogens is 403 g/mol. The third-order valence-electron chi connectivity index (χ3n) is 4.18. The van der Waals surface area contributed by atoms with Crippen LogP contribution in [0.3, 0.4) is 0 Å². The van der Waals surface area contributed by atoms with E-state index in [9.17, 15) is 12.8 Å². The maximum atomic E-state index is 13.9. The van der Waals surface area contributed by atoms with Crippen LogP contribution in [-0.2, 0) is 16.6 Å². The van der Waals surface area contributed by atoms with Crippen molar-refractivity contribution in [2.45, 2.75) is 11.4 Å². The molecule has 0 bridgehead atoms. The average Bonchev–Trinajstić information content (AvgIpc) is 3.11. The van der Waals surface area contributed by atoms with Crippen LogP contribution in [0.5, 0.6) is 0 Å². The molecule has 4 aromatic rings. The molecule has 9 heteroatoms. The summed E-state index contributed by atoms with van der Waals surface area (Å²) in [6, 6.07) is 16.6. The Morgan fingerprint density at radius 3 is 2.61 bits per heavy atom. The van der Waals surface area contributed by atoms with Crippen molar-refractivity contribution in [2.75, 3.05) is 4.72 Å². The fraction of sp³-hybridized carbons (Fsp3) is 0.0526. The van der Waals surface area contributed by atoms with Crippen molar-refractivity contribution in [1.82, 2.24) is 14.8 Å². The molecule has 0 aliphatic carbocycles. The lowest BCUT2D eigenvalue weighted by Gasteiger charge is -2.07. The quantitative estimate of drug-likeness (QED) is 0.532. The Morgan fingerprint density at radius 1 is 1.04 bits per heavy atom. The zero-order chi connectivity index (χ0) is 19.7. The summed E-state index contributed by atoms with van der Waals surface area (Å²) in [5.74, 6) is -0.582. The van der Waals surface area contributed by atoms with E-state index in [4.69, 9.17) is 11.6 Å². The van der Waals surface area contributed by atoms with Crippen LogP contribution >= 0.6 is 11.6 Å². The molecule has 4 rings (SSSR count). The number of hydrogen-bond donors (Lipinski definition) is 1. The van der Waals surface area contributed by atoms with Gasteiger partial charge >= 0.3 is 0 Å². The van der Waals surface area contributed by atoms with Crippen LogP contribution in [0.25, 0.3) is 10.8 Å². The predicted molar refractivity (Wildman–Crippen MR) is 105 cm³/mol. The maximum absolute atomic E-state index is 13.9. The van der Waals surface area contributed by atoms with Crippen molar-refractivity contribution in [3.63, 3.8) is 0 Å². The topological polar surface area (TPSA) is 76.9 Å². The normalized spacial score (nSPS) is 11.6. The van der Waals surface area contributed by atoms with Crippen LogP contribution in [0.15, 0.2) is 71.9 Å². The Hall–Kier alpha value is -2.97. The van der Waals surface area contributed by atoms with Crippen molar-refractivity contribution in [1.29, 1.82) is 0 Å². The summed E-state index contributed by atoms with van der Waals surface area (Å²) in [6.07, 6.45) is 1.31. The lowest BCUT2D eigenvalue weighted by Crippen LogP contribution is -2.14. The van der Waals surface area contributed by atoms with Gasteiger partial charge in [-0.15, -0.1) is 5.10 Å². The van der Waals surface area contributed by atoms with Crippen LogP contribution in [0.1, 0.15) is 5.56 Å². The Bertz CT molecular complexity index is 1250. The summed E-state index contributed by atoms with van der Waals surface area (Å²) in [5, 5.41) is 6.05. The molecule has 0 aliphatic rings. The molecule has 1 heterocycles. The van der Waals surface area contributed by atoms with Crippen molar-refractivity contribution >= 4 is 38.3 Å². The van der Waals surface area contributed by atoms with E-state index in [0.717, 1.165) is 10.8 Å². The molecule has 1 N–H and O–H groups in total. The fourth-order valence-corrected chi connectivity index (χ4v) is 3.98. The number of benzene rings is 3. The van der Waals surface area contributed by atoms with Gasteiger partial charge in [0.2, 0.25) is 0 Å². The second-order valence-corrected chi connectivity index (χ2v) is 8.17. The van der Waals surface area contributed by atoms with Crippen molar-refractivity contribution in [3.05, 3.63) is 83.4 Å². The third kappa shape index (κ3) is 3.69. The minimum Gasteiger partial charge on any atom is -0.246 e. The minimum atomic E-state index is -3.87. The number of rotatable bonds is 5. The molecule has 142 valence electrons. The summed E-state index contributed by atoms with van der Waals surface area (Å²) in [4.78, 5) is 4.04. The molecular formula is C19H14ClFN4O2S. The Labute approximate surface area is 165 Å². The number of hydrogen-bond acceptors (Lipinski definition) is 4. The van der Waals surface area contributed by atoms with E-state index in [2.05, 4.69) is 14.8 Å². The van der Waals surface area contributed by atoms with Gasteiger partial charge in [0.05, 0.1) is 11.4 Å². The number of sulfonamides is 1. The van der Waals surface area contributed by atoms with Gasteiger partial charge in [0.25, 0.3) is 16.0 Å². The number of aromatic nitrogens is 3. The highest BCUT2D eigenvalue weighted by atomic mass is 35.5. The Balaban J connectivity index is 1.57. The van der Waals surface area contributed by atoms with Gasteiger partial charge in [0.1, 0.15) is 12.1 Å². The average molecular weight is 417 g/mol. The lowest BCUT2D eigenvalue weighted by molar-refractivity contribution is 0.584. The number of nitrogens with zero attached hydrogens (tertiary/aromatic N) is 3. The highest BCUT2D eigenvalue weighted by Gasteiger charge is 2.17. The van der Waals surface area contributed by atoms with E-state index in [-0.39, 0.29) is 28.0 Å². The predicted octanol–water partition coefficient (Wildman–Crippen LogP) is 4.07. The molecule has 0 aliphatic heterocycles. The molecule has 0 unspecified atom stereocenters. The molecule has 0 saturated carbocycles. The first-order chi connectivity index (χ1) is 13.4. The molecule has 3 aromatic carbocycles. The van der Waals surface area contributed by atoms with Crippen LogP contribution in [0, 0.1) is 5.82 Å². The van der Waals surface area contributed by atoms with Crippen molar-refractivity contribution < 1.29 is 12.8 Å². The summed E-state index contributed by atoms with van der Waals surface area (Å²) in [7, 11) is -3.87. The molecule has 1 aromatic heterocycles. The van der Waals surface area contributed by atoms with Gasteiger partial charge in [-0.2, -0.15) is 4.98 Å². The van der Waals surface area contributed by atoms with E-state index >= 15 is 0 Å². The number of nitrogens with one attached hydrogen (secondary N) is 1. The summed E-state index contributed by atoms with van der Waals surface area (Å²) < 4.78 is 42.8. The molecule has 0 atom stereocenters. The van der Waals surface area contributed by atoms with Gasteiger partial charge in [-0.1, -0.05) is 48.0 Å². The molecule has 0 amide bonds. The van der Waals surface area contributed by atoms with Crippen molar-refractivity contribution in [3.8, 4) is 0 Å². The van der Waals surface area contributed by atoms with Crippen LogP contribution in [0.2, 0.25) is 5.02 Å². The lowest BCUT2D eigenvalue weighted by atomic mass is 10.1. The van der Waals surface area contributed by atoms with Crippen LogP contribution in [0.4, 0.5) is 10.3 Å². The molecule has 0 fully saturated rings. The Kier molecular flexibility index (Phi) is 4.74. The van der Waals surface area contributed by atoms with E-state index in [1.54, 1.807) is 18.2 Å². The standard InChI is InChI=1S/C19H14ClFN4O2S/c20-17-6-3-7-18(21)16(17)11-25-12-22-19(23-25)24-28(26,27)15-9-8-13-4-1-2-5-14(13)10-15/h1-10,12H,11H2,(H,23,24). The highest BCUT2D eigenvalue weighted by molar-refractivity contribution is 7.92. The zero-order valence-corrected chi connectivity index (χ0v) is 16.0. The third-order valence-corrected chi connectivity index (χ3v) is 5.86. The minimum absolute atomic E-state index is 0.0240. The zero-order valence-electron chi connectivity index (χ0n) is 14.4. The molecule has 0 radical (unpaired) electrons. The van der Waals surface area contributed by atoms with Crippen molar-refractivity contribution in [2.24, 2.45) is 0 Å². The monoisotopic (exact) mass is 416 g/mol. The van der Waals surface area contributed by atoms with Crippen LogP contribution in [-0.4, -0.2) is 23.2 Å². The molecule has 28 heavy (non-hydrogen) atoms. The highest BCUT2D eigenvalue weighted by Crippen LogP contribution is 2.22.